The summed E-state index contributed by atoms with van der Waals surface area (Å²) in [5.41, 5.74) is 1.90. The smallest absolute Gasteiger partial charge is 0.407 e. The van der Waals surface area contributed by atoms with Crippen molar-refractivity contribution in [2.45, 2.75) is 6.61 Å². The minimum atomic E-state index is -0.448. The lowest BCUT2D eigenvalue weighted by Crippen LogP contribution is -2.24. The maximum atomic E-state index is 11.6. The first-order valence-corrected chi connectivity index (χ1v) is 7.56. The quantitative estimate of drug-likeness (QED) is 0.843. The Morgan fingerprint density at radius 2 is 1.79 bits per heavy atom. The average Bonchev–Trinajstić information content (AvgIpc) is 2.64. The Kier molecular flexibility index (Phi) is 6.71. The number of hydrogen-bond donors (Lipinski definition) is 1. The largest absolute Gasteiger partial charge is 0.493 e. The van der Waals surface area contributed by atoms with E-state index in [1.54, 1.807) is 14.2 Å². The Morgan fingerprint density at radius 1 is 1.04 bits per heavy atom. The number of ether oxygens (including phenoxy) is 3. The molecule has 5 nitrogen and oxygen atoms in total. The molecule has 2 aromatic carbocycles. The van der Waals surface area contributed by atoms with Crippen molar-refractivity contribution in [3.05, 3.63) is 65.7 Å². The fourth-order valence-electron chi connectivity index (χ4n) is 2.07. The van der Waals surface area contributed by atoms with Gasteiger partial charge in [0.2, 0.25) is 0 Å². The third-order valence-corrected chi connectivity index (χ3v) is 3.29. The molecule has 5 heteroatoms. The van der Waals surface area contributed by atoms with Gasteiger partial charge in [-0.25, -0.2) is 4.79 Å². The third-order valence-electron chi connectivity index (χ3n) is 3.29. The van der Waals surface area contributed by atoms with Gasteiger partial charge in [-0.15, -0.1) is 0 Å². The van der Waals surface area contributed by atoms with E-state index in [9.17, 15) is 4.79 Å². The van der Waals surface area contributed by atoms with E-state index in [2.05, 4.69) is 5.32 Å². The van der Waals surface area contributed by atoms with Crippen molar-refractivity contribution < 1.29 is 19.0 Å². The molecule has 0 saturated carbocycles. The minimum Gasteiger partial charge on any atom is -0.493 e. The van der Waals surface area contributed by atoms with Crippen LogP contribution in [0, 0.1) is 0 Å². The van der Waals surface area contributed by atoms with E-state index in [-0.39, 0.29) is 6.61 Å². The van der Waals surface area contributed by atoms with Crippen molar-refractivity contribution in [1.82, 2.24) is 5.32 Å². The van der Waals surface area contributed by atoms with Crippen LogP contribution in [0.25, 0.3) is 6.08 Å². The first-order valence-electron chi connectivity index (χ1n) is 7.56. The van der Waals surface area contributed by atoms with Crippen LogP contribution in [0.4, 0.5) is 4.79 Å². The number of amides is 1. The number of rotatable bonds is 7. The van der Waals surface area contributed by atoms with Crippen LogP contribution < -0.4 is 14.8 Å². The topological polar surface area (TPSA) is 56.8 Å². The second kappa shape index (κ2) is 9.25. The van der Waals surface area contributed by atoms with E-state index in [1.807, 2.05) is 60.7 Å². The minimum absolute atomic E-state index is 0.256. The highest BCUT2D eigenvalue weighted by atomic mass is 16.5. The Hall–Kier alpha value is -2.95. The highest BCUT2D eigenvalue weighted by Gasteiger charge is 2.03. The number of hydrogen-bond acceptors (Lipinski definition) is 4. The van der Waals surface area contributed by atoms with Crippen molar-refractivity contribution in [3.63, 3.8) is 0 Å². The molecule has 2 rings (SSSR count). The summed E-state index contributed by atoms with van der Waals surface area (Å²) in [7, 11) is 3.19. The fourth-order valence-corrected chi connectivity index (χ4v) is 2.07. The molecular formula is C19H21NO4. The van der Waals surface area contributed by atoms with Gasteiger partial charge in [-0.2, -0.15) is 0 Å². The fraction of sp³-hybridized carbons (Fsp3) is 0.211. The lowest BCUT2D eigenvalue weighted by molar-refractivity contribution is 0.141. The molecule has 0 aliphatic heterocycles. The molecule has 24 heavy (non-hydrogen) atoms. The zero-order valence-corrected chi connectivity index (χ0v) is 13.8. The molecule has 0 fully saturated rings. The molecule has 0 bridgehead atoms. The zero-order valence-electron chi connectivity index (χ0n) is 13.8. The summed E-state index contributed by atoms with van der Waals surface area (Å²) in [5.74, 6) is 1.34. The van der Waals surface area contributed by atoms with Crippen LogP contribution in [0.15, 0.2) is 54.6 Å². The van der Waals surface area contributed by atoms with Gasteiger partial charge < -0.3 is 19.5 Å². The van der Waals surface area contributed by atoms with Crippen molar-refractivity contribution in [2.24, 2.45) is 0 Å². The van der Waals surface area contributed by atoms with Gasteiger partial charge in [0.25, 0.3) is 0 Å². The molecule has 0 radical (unpaired) electrons. The Balaban J connectivity index is 1.76. The summed E-state index contributed by atoms with van der Waals surface area (Å²) >= 11 is 0. The second-order valence-corrected chi connectivity index (χ2v) is 4.96. The highest BCUT2D eigenvalue weighted by Crippen LogP contribution is 2.27. The van der Waals surface area contributed by atoms with Gasteiger partial charge in [-0.3, -0.25) is 0 Å². The van der Waals surface area contributed by atoms with Gasteiger partial charge in [0.15, 0.2) is 11.5 Å². The lowest BCUT2D eigenvalue weighted by atomic mass is 10.2. The van der Waals surface area contributed by atoms with E-state index < -0.39 is 6.09 Å². The standard InChI is InChI=1S/C19H21NO4/c1-22-17-11-10-15(13-18(17)23-2)9-6-12-20-19(21)24-14-16-7-4-3-5-8-16/h3-11,13H,12,14H2,1-2H3,(H,20,21). The molecule has 2 aromatic rings. The summed E-state index contributed by atoms with van der Waals surface area (Å²) in [6.07, 6.45) is 3.28. The van der Waals surface area contributed by atoms with Crippen LogP contribution in [0.1, 0.15) is 11.1 Å². The predicted octanol–water partition coefficient (Wildman–Crippen LogP) is 3.64. The van der Waals surface area contributed by atoms with Gasteiger partial charge >= 0.3 is 6.09 Å². The molecule has 126 valence electrons. The van der Waals surface area contributed by atoms with Crippen LogP contribution in [0.5, 0.6) is 11.5 Å². The molecule has 0 aromatic heterocycles. The molecule has 0 atom stereocenters. The summed E-state index contributed by atoms with van der Waals surface area (Å²) in [5, 5.41) is 2.67. The number of carbonyl (C=O) groups excluding carboxylic acids is 1. The van der Waals surface area contributed by atoms with Crippen LogP contribution in [-0.4, -0.2) is 26.9 Å². The SMILES string of the molecule is COc1ccc(C=CCNC(=O)OCc2ccccc2)cc1OC. The van der Waals surface area contributed by atoms with Crippen molar-refractivity contribution in [1.29, 1.82) is 0 Å². The predicted molar refractivity (Wildman–Crippen MR) is 93.2 cm³/mol. The van der Waals surface area contributed by atoms with Crippen LogP contribution in [0.2, 0.25) is 0 Å². The molecule has 1 amide bonds. The summed E-state index contributed by atoms with van der Waals surface area (Å²) in [6.45, 7) is 0.633. The molecule has 0 aliphatic carbocycles. The van der Waals surface area contributed by atoms with Crippen LogP contribution in [-0.2, 0) is 11.3 Å². The van der Waals surface area contributed by atoms with Gasteiger partial charge in [-0.1, -0.05) is 48.6 Å². The first kappa shape index (κ1) is 17.4. The Morgan fingerprint density at radius 3 is 2.50 bits per heavy atom. The number of nitrogens with one attached hydrogen (secondary N) is 1. The molecule has 1 N–H and O–H groups in total. The maximum absolute atomic E-state index is 11.6. The molecule has 0 saturated heterocycles. The van der Waals surface area contributed by atoms with E-state index in [1.165, 1.54) is 0 Å². The van der Waals surface area contributed by atoms with Crippen molar-refractivity contribution in [2.75, 3.05) is 20.8 Å². The maximum Gasteiger partial charge on any atom is 0.407 e. The molecule has 0 spiro atoms. The molecule has 0 aliphatic rings. The lowest BCUT2D eigenvalue weighted by Gasteiger charge is -2.07. The molecule has 0 unspecified atom stereocenters. The van der Waals surface area contributed by atoms with E-state index in [4.69, 9.17) is 14.2 Å². The van der Waals surface area contributed by atoms with Gasteiger partial charge in [0.05, 0.1) is 14.2 Å². The van der Waals surface area contributed by atoms with Crippen LogP contribution >= 0.6 is 0 Å². The third kappa shape index (κ3) is 5.35. The van der Waals surface area contributed by atoms with Gasteiger partial charge in [0, 0.05) is 6.54 Å². The van der Waals surface area contributed by atoms with Crippen molar-refractivity contribution in [3.8, 4) is 11.5 Å². The van der Waals surface area contributed by atoms with Gasteiger partial charge in [0.1, 0.15) is 6.61 Å². The normalized spacial score (nSPS) is 10.4. The summed E-state index contributed by atoms with van der Waals surface area (Å²) in [4.78, 5) is 11.6. The average molecular weight is 327 g/mol. The monoisotopic (exact) mass is 327 g/mol. The number of benzene rings is 2. The first-order chi connectivity index (χ1) is 11.7. The Bertz CT molecular complexity index is 683. The second-order valence-electron chi connectivity index (χ2n) is 4.96. The zero-order chi connectivity index (χ0) is 17.2. The summed E-state index contributed by atoms with van der Waals surface area (Å²) < 4.78 is 15.6. The van der Waals surface area contributed by atoms with E-state index >= 15 is 0 Å². The Labute approximate surface area is 141 Å². The number of alkyl carbamates (subject to hydrolysis) is 1. The van der Waals surface area contributed by atoms with E-state index in [0.29, 0.717) is 18.0 Å². The van der Waals surface area contributed by atoms with E-state index in [0.717, 1.165) is 11.1 Å². The molecule has 0 heterocycles. The summed E-state index contributed by atoms with van der Waals surface area (Å²) in [6, 6.07) is 15.1. The highest BCUT2D eigenvalue weighted by molar-refractivity contribution is 5.67. The molecular weight excluding hydrogens is 306 g/mol. The van der Waals surface area contributed by atoms with Gasteiger partial charge in [-0.05, 0) is 23.3 Å². The number of methoxy groups -OCH3 is 2. The van der Waals surface area contributed by atoms with Crippen molar-refractivity contribution >= 4 is 12.2 Å². The van der Waals surface area contributed by atoms with Crippen LogP contribution in [0.3, 0.4) is 0 Å². The number of carbonyl (C=O) groups is 1.